The first-order valence-electron chi connectivity index (χ1n) is 15.5. The Labute approximate surface area is 275 Å². The van der Waals surface area contributed by atoms with Crippen LogP contribution < -0.4 is 10.1 Å². The first kappa shape index (κ1) is 34.0. The van der Waals surface area contributed by atoms with Gasteiger partial charge in [-0.15, -0.1) is 5.10 Å². The molecule has 0 bridgehead atoms. The van der Waals surface area contributed by atoms with Gasteiger partial charge < -0.3 is 25.0 Å². The molecule has 3 aromatic carbocycles. The van der Waals surface area contributed by atoms with E-state index in [0.29, 0.717) is 24.3 Å². The second-order valence-corrected chi connectivity index (χ2v) is 14.0. The Bertz CT molecular complexity index is 1730. The smallest absolute Gasteiger partial charge is 0.408 e. The first-order valence-corrected chi connectivity index (χ1v) is 16.9. The van der Waals surface area contributed by atoms with Crippen LogP contribution in [-0.4, -0.2) is 76.4 Å². The number of nitrogens with one attached hydrogen (secondary N) is 1. The number of carbonyl (C=O) groups excluding carboxylic acids is 1. The van der Waals surface area contributed by atoms with E-state index in [1.165, 1.54) is 28.2 Å². The van der Waals surface area contributed by atoms with Gasteiger partial charge in [0.25, 0.3) is 0 Å². The lowest BCUT2D eigenvalue weighted by atomic mass is 10.0. The van der Waals surface area contributed by atoms with E-state index in [9.17, 15) is 23.4 Å². The number of aliphatic hydroxyl groups is 2. The SMILES string of the molecule is COc1ccc(S(=O)(=O)N(CC(C)C)C[C@@H](O)[C@H](Cc2ccccc2)n2cc(COC(=O)N[C@@H]3c4ccccc4C[C@H]3O)nn2)cc1. The van der Waals surface area contributed by atoms with Crippen molar-refractivity contribution in [1.82, 2.24) is 24.6 Å². The van der Waals surface area contributed by atoms with E-state index in [-0.39, 0.29) is 30.5 Å². The van der Waals surface area contributed by atoms with Crippen molar-refractivity contribution < 1.29 is 32.9 Å². The zero-order chi connectivity index (χ0) is 33.6. The molecule has 3 N–H and O–H groups in total. The van der Waals surface area contributed by atoms with Gasteiger partial charge in [0, 0.05) is 19.5 Å². The van der Waals surface area contributed by atoms with Crippen LogP contribution in [0.25, 0.3) is 0 Å². The molecule has 1 amide bonds. The van der Waals surface area contributed by atoms with Crippen molar-refractivity contribution >= 4 is 16.1 Å². The number of hydrogen-bond donors (Lipinski definition) is 3. The standard InChI is InChI=1S/C34H41N5O7S/c1-23(2)19-38(47(43,44)28-15-13-27(45-3)14-16-28)21-32(41)30(17-24-9-5-4-6-10-24)39-20-26(36-37-39)22-46-34(42)35-33-29-12-8-7-11-25(29)18-31(33)40/h4-16,20,23,30-33,40-41H,17-19,21-22H2,1-3H3,(H,35,42)/t30-,31+,32+,33+/m0/s1. The number of benzene rings is 3. The molecule has 1 aliphatic carbocycles. The topological polar surface area (TPSA) is 156 Å². The average Bonchev–Trinajstić information content (AvgIpc) is 3.66. The van der Waals surface area contributed by atoms with Crippen LogP contribution in [-0.2, 0) is 34.2 Å². The van der Waals surface area contributed by atoms with Crippen molar-refractivity contribution in [3.63, 3.8) is 0 Å². The summed E-state index contributed by atoms with van der Waals surface area (Å²) in [4.78, 5) is 12.8. The molecule has 4 aromatic rings. The van der Waals surface area contributed by atoms with Gasteiger partial charge >= 0.3 is 6.09 Å². The normalized spacial score (nSPS) is 17.3. The van der Waals surface area contributed by atoms with E-state index in [1.807, 2.05) is 68.4 Å². The summed E-state index contributed by atoms with van der Waals surface area (Å²) in [5, 5.41) is 33.2. The van der Waals surface area contributed by atoms with Gasteiger partial charge in [0.15, 0.2) is 0 Å². The lowest BCUT2D eigenvalue weighted by Crippen LogP contribution is -2.43. The predicted octanol–water partition coefficient (Wildman–Crippen LogP) is 3.66. The third kappa shape index (κ3) is 8.35. The van der Waals surface area contributed by atoms with E-state index in [2.05, 4.69) is 15.6 Å². The summed E-state index contributed by atoms with van der Waals surface area (Å²) in [5.74, 6) is 0.523. The van der Waals surface area contributed by atoms with E-state index in [0.717, 1.165) is 16.7 Å². The predicted molar refractivity (Wildman–Crippen MR) is 174 cm³/mol. The van der Waals surface area contributed by atoms with E-state index in [4.69, 9.17) is 9.47 Å². The van der Waals surface area contributed by atoms with Crippen LogP contribution in [0.5, 0.6) is 5.75 Å². The minimum Gasteiger partial charge on any atom is -0.497 e. The molecular weight excluding hydrogens is 622 g/mol. The Hall–Kier alpha value is -4.30. The zero-order valence-electron chi connectivity index (χ0n) is 26.6. The summed E-state index contributed by atoms with van der Waals surface area (Å²) in [6.07, 6.45) is -0.294. The highest BCUT2D eigenvalue weighted by molar-refractivity contribution is 7.89. The molecular formula is C34H41N5O7S. The van der Waals surface area contributed by atoms with Gasteiger partial charge in [-0.05, 0) is 53.3 Å². The third-order valence-corrected chi connectivity index (χ3v) is 9.96. The fraction of sp³-hybridized carbons (Fsp3) is 0.382. The zero-order valence-corrected chi connectivity index (χ0v) is 27.5. The summed E-state index contributed by atoms with van der Waals surface area (Å²) < 4.78 is 40.9. The molecule has 0 aliphatic heterocycles. The van der Waals surface area contributed by atoms with Gasteiger partial charge in [0.05, 0.1) is 42.5 Å². The lowest BCUT2D eigenvalue weighted by Gasteiger charge is -2.30. The number of aromatic nitrogens is 3. The maximum atomic E-state index is 13.8. The van der Waals surface area contributed by atoms with Crippen molar-refractivity contribution in [3.8, 4) is 5.75 Å². The quantitative estimate of drug-likeness (QED) is 0.183. The Morgan fingerprint density at radius 3 is 2.45 bits per heavy atom. The van der Waals surface area contributed by atoms with Crippen LogP contribution >= 0.6 is 0 Å². The van der Waals surface area contributed by atoms with Crippen molar-refractivity contribution in [2.75, 3.05) is 20.2 Å². The molecule has 0 radical (unpaired) electrons. The Kier molecular flexibility index (Phi) is 10.9. The van der Waals surface area contributed by atoms with Gasteiger partial charge in [-0.2, -0.15) is 4.31 Å². The molecule has 1 heterocycles. The number of aliphatic hydroxyl groups excluding tert-OH is 2. The second-order valence-electron chi connectivity index (χ2n) is 12.1. The molecule has 12 nitrogen and oxygen atoms in total. The fourth-order valence-electron chi connectivity index (χ4n) is 5.76. The van der Waals surface area contributed by atoms with Crippen LogP contribution in [0.2, 0.25) is 0 Å². The molecule has 250 valence electrons. The van der Waals surface area contributed by atoms with Gasteiger partial charge in [0.2, 0.25) is 10.0 Å². The Balaban J connectivity index is 1.31. The summed E-state index contributed by atoms with van der Waals surface area (Å²) in [7, 11) is -2.45. The van der Waals surface area contributed by atoms with Gasteiger partial charge in [-0.25, -0.2) is 17.9 Å². The molecule has 1 aliphatic rings. The highest BCUT2D eigenvalue weighted by Crippen LogP contribution is 2.31. The van der Waals surface area contributed by atoms with Gasteiger partial charge in [-0.1, -0.05) is 73.7 Å². The van der Waals surface area contributed by atoms with Crippen LogP contribution in [0.3, 0.4) is 0 Å². The molecule has 1 aromatic heterocycles. The Morgan fingerprint density at radius 1 is 1.04 bits per heavy atom. The summed E-state index contributed by atoms with van der Waals surface area (Å²) in [6.45, 7) is 3.63. The highest BCUT2D eigenvalue weighted by Gasteiger charge is 2.34. The number of alkyl carbamates (subject to hydrolysis) is 1. The van der Waals surface area contributed by atoms with Gasteiger partial charge in [-0.3, -0.25) is 0 Å². The first-order chi connectivity index (χ1) is 22.5. The number of nitrogens with zero attached hydrogens (tertiary/aromatic N) is 4. The maximum absolute atomic E-state index is 13.8. The van der Waals surface area contributed by atoms with Crippen LogP contribution in [0, 0.1) is 5.92 Å². The molecule has 47 heavy (non-hydrogen) atoms. The molecule has 0 spiro atoms. The van der Waals surface area contributed by atoms with E-state index < -0.39 is 40.4 Å². The van der Waals surface area contributed by atoms with E-state index >= 15 is 0 Å². The molecule has 0 unspecified atom stereocenters. The van der Waals surface area contributed by atoms with Gasteiger partial charge in [0.1, 0.15) is 18.1 Å². The number of hydrogen-bond acceptors (Lipinski definition) is 9. The monoisotopic (exact) mass is 663 g/mol. The molecule has 0 saturated heterocycles. The van der Waals surface area contributed by atoms with Crippen molar-refractivity contribution in [1.29, 1.82) is 0 Å². The summed E-state index contributed by atoms with van der Waals surface area (Å²) in [5.41, 5.74) is 3.07. The lowest BCUT2D eigenvalue weighted by molar-refractivity contribution is 0.0821. The Morgan fingerprint density at radius 2 is 1.74 bits per heavy atom. The number of rotatable bonds is 14. The highest BCUT2D eigenvalue weighted by atomic mass is 32.2. The minimum atomic E-state index is -3.96. The van der Waals surface area contributed by atoms with Crippen LogP contribution in [0.4, 0.5) is 4.79 Å². The molecule has 5 rings (SSSR count). The third-order valence-electron chi connectivity index (χ3n) is 8.11. The molecule has 4 atom stereocenters. The molecule has 13 heteroatoms. The largest absolute Gasteiger partial charge is 0.497 e. The molecule has 0 saturated carbocycles. The fourth-order valence-corrected chi connectivity index (χ4v) is 7.39. The van der Waals surface area contributed by atoms with Crippen molar-refractivity contribution in [2.45, 2.75) is 62.5 Å². The van der Waals surface area contributed by atoms with Crippen molar-refractivity contribution in [2.24, 2.45) is 5.92 Å². The second kappa shape index (κ2) is 15.1. The minimum absolute atomic E-state index is 0.0112. The summed E-state index contributed by atoms with van der Waals surface area (Å²) >= 11 is 0. The van der Waals surface area contributed by atoms with Crippen LogP contribution in [0.1, 0.15) is 48.3 Å². The number of methoxy groups -OCH3 is 1. The van der Waals surface area contributed by atoms with Crippen LogP contribution in [0.15, 0.2) is 90.0 Å². The number of ether oxygens (including phenoxy) is 2. The van der Waals surface area contributed by atoms with Crippen molar-refractivity contribution in [3.05, 3.63) is 107 Å². The average molecular weight is 664 g/mol. The van der Waals surface area contributed by atoms with E-state index in [1.54, 1.807) is 18.3 Å². The number of sulfonamides is 1. The summed E-state index contributed by atoms with van der Waals surface area (Å²) in [6, 6.07) is 21.9. The number of fused-ring (bicyclic) bond motifs is 1. The number of amides is 1. The molecule has 0 fully saturated rings. The maximum Gasteiger partial charge on any atom is 0.408 e. The number of carbonyl (C=O) groups is 1.